The Labute approximate surface area is 235 Å². The average molecular weight is 551 g/mol. The molecule has 40 heavy (non-hydrogen) atoms. The number of benzene rings is 2. The van der Waals surface area contributed by atoms with Crippen LogP contribution in [0, 0.1) is 42.2 Å². The predicted molar refractivity (Wildman–Crippen MR) is 152 cm³/mol. The van der Waals surface area contributed by atoms with Crippen molar-refractivity contribution in [2.24, 2.45) is 23.7 Å². The van der Waals surface area contributed by atoms with Crippen LogP contribution in [0.4, 0.5) is 14.5 Å². The van der Waals surface area contributed by atoms with Gasteiger partial charge in [-0.15, -0.1) is 0 Å². The second kappa shape index (κ2) is 11.5. The minimum Gasteiger partial charge on any atom is -0.441 e. The number of piperidine rings is 1. The fourth-order valence-electron chi connectivity index (χ4n) is 7.45. The van der Waals surface area contributed by atoms with E-state index in [2.05, 4.69) is 28.9 Å². The van der Waals surface area contributed by atoms with Crippen molar-refractivity contribution in [1.29, 1.82) is 0 Å². The number of anilines is 1. The van der Waals surface area contributed by atoms with Gasteiger partial charge in [-0.25, -0.2) is 13.8 Å². The summed E-state index contributed by atoms with van der Waals surface area (Å²) in [6, 6.07) is 10.4. The zero-order chi connectivity index (χ0) is 27.8. The normalized spacial score (nSPS) is 24.8. The lowest BCUT2D eigenvalue weighted by molar-refractivity contribution is -0.142. The maximum Gasteiger partial charge on any atom is 0.227 e. The van der Waals surface area contributed by atoms with E-state index in [0.717, 1.165) is 43.6 Å². The summed E-state index contributed by atoms with van der Waals surface area (Å²) in [4.78, 5) is 25.1. The highest BCUT2D eigenvalue weighted by Gasteiger charge is 2.43. The van der Waals surface area contributed by atoms with E-state index in [4.69, 9.17) is 4.42 Å². The van der Waals surface area contributed by atoms with E-state index >= 15 is 0 Å². The molecular formula is C32H40F2N4O2. The largest absolute Gasteiger partial charge is 0.441 e. The number of aromatic nitrogens is 1. The first-order chi connectivity index (χ1) is 19.3. The molecule has 214 valence electrons. The van der Waals surface area contributed by atoms with E-state index in [1.165, 1.54) is 37.0 Å². The number of piperazine rings is 1. The van der Waals surface area contributed by atoms with Gasteiger partial charge in [0.05, 0.1) is 5.92 Å². The molecule has 2 aromatic carbocycles. The SMILES string of the molecule is Cc1nc2cc(C[C@H](C)CN3C[C@@H]4CCCC[C@@H]4[C@H](C(=O)N4CCN(c5ccc(F)c(F)c5)CC4)C3)ccc2o1. The highest BCUT2D eigenvalue weighted by molar-refractivity contribution is 5.80. The van der Waals surface area contributed by atoms with Crippen molar-refractivity contribution in [2.75, 3.05) is 50.7 Å². The van der Waals surface area contributed by atoms with Gasteiger partial charge in [0.2, 0.25) is 5.91 Å². The summed E-state index contributed by atoms with van der Waals surface area (Å²) < 4.78 is 32.8. The molecule has 2 saturated heterocycles. The lowest BCUT2D eigenvalue weighted by Crippen LogP contribution is -2.57. The standard InChI is InChI=1S/C32H40F2N4O2/c1-21(15-23-7-10-31-30(16-23)35-22(2)40-31)18-36-19-24-5-3-4-6-26(24)27(20-36)32(39)38-13-11-37(12-14-38)25-8-9-28(33)29(34)17-25/h7-10,16-17,21,24,26-27H,3-6,11-15,18-20H2,1-2H3/t21-,24-,26-,27+/m0/s1. The maximum absolute atomic E-state index is 14.0. The van der Waals surface area contributed by atoms with Crippen LogP contribution in [0.1, 0.15) is 44.1 Å². The zero-order valence-corrected chi connectivity index (χ0v) is 23.6. The molecule has 0 N–H and O–H groups in total. The van der Waals surface area contributed by atoms with E-state index in [9.17, 15) is 13.6 Å². The molecule has 6 nitrogen and oxygen atoms in total. The number of likely N-dealkylation sites (tertiary alicyclic amines) is 1. The monoisotopic (exact) mass is 550 g/mol. The molecule has 1 amide bonds. The molecule has 3 fully saturated rings. The molecule has 1 saturated carbocycles. The Morgan fingerprint density at radius 2 is 1.82 bits per heavy atom. The fourth-order valence-corrected chi connectivity index (χ4v) is 7.45. The number of aryl methyl sites for hydroxylation is 1. The second-order valence-corrected chi connectivity index (χ2v) is 12.3. The molecule has 0 radical (unpaired) electrons. The summed E-state index contributed by atoms with van der Waals surface area (Å²) in [7, 11) is 0. The summed E-state index contributed by atoms with van der Waals surface area (Å²) in [6.07, 6.45) is 5.81. The number of fused-ring (bicyclic) bond motifs is 2. The predicted octanol–water partition coefficient (Wildman–Crippen LogP) is 5.68. The van der Waals surface area contributed by atoms with Crippen LogP contribution in [0.25, 0.3) is 11.1 Å². The number of carbonyl (C=O) groups excluding carboxylic acids is 1. The Hall–Kier alpha value is -3.00. The highest BCUT2D eigenvalue weighted by atomic mass is 19.2. The summed E-state index contributed by atoms with van der Waals surface area (Å²) in [6.45, 7) is 9.58. The Morgan fingerprint density at radius 1 is 1.02 bits per heavy atom. The molecule has 3 heterocycles. The van der Waals surface area contributed by atoms with Crippen LogP contribution < -0.4 is 4.90 Å². The Morgan fingerprint density at radius 3 is 2.62 bits per heavy atom. The second-order valence-electron chi connectivity index (χ2n) is 12.3. The van der Waals surface area contributed by atoms with Gasteiger partial charge in [0.15, 0.2) is 23.1 Å². The van der Waals surface area contributed by atoms with Gasteiger partial charge >= 0.3 is 0 Å². The molecule has 8 heteroatoms. The number of hydrogen-bond donors (Lipinski definition) is 0. The molecule has 0 unspecified atom stereocenters. The summed E-state index contributed by atoms with van der Waals surface area (Å²) in [5, 5.41) is 0. The molecule has 1 aromatic heterocycles. The number of hydrogen-bond acceptors (Lipinski definition) is 5. The van der Waals surface area contributed by atoms with Gasteiger partial charge in [0.1, 0.15) is 5.52 Å². The number of rotatable bonds is 6. The molecule has 2 aliphatic heterocycles. The number of amides is 1. The van der Waals surface area contributed by atoms with Crippen molar-refractivity contribution in [3.8, 4) is 0 Å². The average Bonchev–Trinajstić information content (AvgIpc) is 3.33. The maximum atomic E-state index is 14.0. The van der Waals surface area contributed by atoms with E-state index in [1.54, 1.807) is 6.07 Å². The van der Waals surface area contributed by atoms with Gasteiger partial charge in [-0.05, 0) is 66.8 Å². The number of carbonyl (C=O) groups is 1. The van der Waals surface area contributed by atoms with Crippen LogP contribution in [0.2, 0.25) is 0 Å². The molecule has 1 aliphatic carbocycles. The van der Waals surface area contributed by atoms with Gasteiger partial charge in [-0.2, -0.15) is 0 Å². The first kappa shape index (κ1) is 27.2. The van der Waals surface area contributed by atoms with Crippen molar-refractivity contribution in [1.82, 2.24) is 14.8 Å². The van der Waals surface area contributed by atoms with Gasteiger partial charge in [0, 0.05) is 64.5 Å². The first-order valence-electron chi connectivity index (χ1n) is 14.9. The van der Waals surface area contributed by atoms with E-state index < -0.39 is 11.6 Å². The van der Waals surface area contributed by atoms with Crippen LogP contribution in [0.5, 0.6) is 0 Å². The molecule has 3 aromatic rings. The summed E-state index contributed by atoms with van der Waals surface area (Å²) in [5.41, 5.74) is 3.70. The van der Waals surface area contributed by atoms with Crippen molar-refractivity contribution in [3.63, 3.8) is 0 Å². The van der Waals surface area contributed by atoms with Gasteiger partial charge in [-0.3, -0.25) is 4.79 Å². The fraction of sp³-hybridized carbons (Fsp3) is 0.562. The van der Waals surface area contributed by atoms with Crippen LogP contribution >= 0.6 is 0 Å². The Bertz CT molecular complexity index is 1350. The molecule has 0 bridgehead atoms. The third-order valence-electron chi connectivity index (χ3n) is 9.32. The molecule has 0 spiro atoms. The lowest BCUT2D eigenvalue weighted by Gasteiger charge is -2.48. The summed E-state index contributed by atoms with van der Waals surface area (Å²) in [5.74, 6) is 0.863. The molecular weight excluding hydrogens is 510 g/mol. The third-order valence-corrected chi connectivity index (χ3v) is 9.32. The number of halogens is 2. The minimum atomic E-state index is -0.832. The third kappa shape index (κ3) is 5.73. The van der Waals surface area contributed by atoms with Gasteiger partial charge in [-0.1, -0.05) is 25.8 Å². The lowest BCUT2D eigenvalue weighted by atomic mass is 9.69. The van der Waals surface area contributed by atoms with Crippen LogP contribution in [-0.2, 0) is 11.2 Å². The highest BCUT2D eigenvalue weighted by Crippen LogP contribution is 2.40. The molecule has 6 rings (SSSR count). The quantitative estimate of drug-likeness (QED) is 0.395. The van der Waals surface area contributed by atoms with E-state index in [-0.39, 0.29) is 11.8 Å². The Balaban J connectivity index is 1.09. The van der Waals surface area contributed by atoms with E-state index in [1.807, 2.05) is 22.8 Å². The van der Waals surface area contributed by atoms with Crippen molar-refractivity contribution < 1.29 is 18.0 Å². The van der Waals surface area contributed by atoms with Crippen LogP contribution in [-0.4, -0.2) is 66.5 Å². The first-order valence-corrected chi connectivity index (χ1v) is 14.9. The number of nitrogens with zero attached hydrogens (tertiary/aromatic N) is 4. The molecule has 4 atom stereocenters. The van der Waals surface area contributed by atoms with Crippen molar-refractivity contribution in [3.05, 3.63) is 59.5 Å². The van der Waals surface area contributed by atoms with Crippen LogP contribution in [0.15, 0.2) is 40.8 Å². The molecule has 3 aliphatic rings. The van der Waals surface area contributed by atoms with Crippen LogP contribution in [0.3, 0.4) is 0 Å². The van der Waals surface area contributed by atoms with Gasteiger partial charge < -0.3 is 19.1 Å². The summed E-state index contributed by atoms with van der Waals surface area (Å²) >= 11 is 0. The topological polar surface area (TPSA) is 52.8 Å². The zero-order valence-electron chi connectivity index (χ0n) is 23.6. The van der Waals surface area contributed by atoms with Gasteiger partial charge in [0.25, 0.3) is 0 Å². The van der Waals surface area contributed by atoms with Crippen molar-refractivity contribution in [2.45, 2.75) is 46.0 Å². The number of oxazole rings is 1. The Kier molecular flexibility index (Phi) is 7.80. The smallest absolute Gasteiger partial charge is 0.227 e. The minimum absolute atomic E-state index is 0.0375. The van der Waals surface area contributed by atoms with E-state index in [0.29, 0.717) is 55.5 Å². The van der Waals surface area contributed by atoms with Crippen molar-refractivity contribution >= 4 is 22.7 Å².